The summed E-state index contributed by atoms with van der Waals surface area (Å²) in [6.45, 7) is 5.19. The Bertz CT molecular complexity index is 766. The molecule has 1 spiro atoms. The molecule has 23 heavy (non-hydrogen) atoms. The molecule has 1 aliphatic carbocycles. The molecule has 2 aromatic rings. The Morgan fingerprint density at radius 1 is 1.30 bits per heavy atom. The van der Waals surface area contributed by atoms with Crippen LogP contribution in [0.5, 0.6) is 0 Å². The van der Waals surface area contributed by atoms with Gasteiger partial charge in [0.2, 0.25) is 0 Å². The summed E-state index contributed by atoms with van der Waals surface area (Å²) in [5.41, 5.74) is 2.80. The van der Waals surface area contributed by atoms with Crippen molar-refractivity contribution in [2.24, 2.45) is 0 Å². The highest BCUT2D eigenvalue weighted by atomic mass is 16.3. The zero-order chi connectivity index (χ0) is 16.0. The molecule has 1 atom stereocenters. The van der Waals surface area contributed by atoms with Gasteiger partial charge in [-0.3, -0.25) is 4.79 Å². The monoisotopic (exact) mass is 312 g/mol. The van der Waals surface area contributed by atoms with Crippen molar-refractivity contribution in [1.82, 2.24) is 19.9 Å². The van der Waals surface area contributed by atoms with Gasteiger partial charge in [-0.05, 0) is 45.1 Å². The molecule has 0 radical (unpaired) electrons. The molecule has 2 aromatic heterocycles. The lowest BCUT2D eigenvalue weighted by Crippen LogP contribution is -2.48. The van der Waals surface area contributed by atoms with Gasteiger partial charge in [-0.1, -0.05) is 0 Å². The van der Waals surface area contributed by atoms with Gasteiger partial charge in [0, 0.05) is 24.7 Å². The van der Waals surface area contributed by atoms with Crippen molar-refractivity contribution in [3.8, 4) is 0 Å². The minimum atomic E-state index is -0.0328. The van der Waals surface area contributed by atoms with E-state index in [1.54, 1.807) is 6.92 Å². The number of carbonyl (C=O) groups excluding carboxylic acids is 1. The number of nitrogens with zero attached hydrogens (tertiary/aromatic N) is 4. The number of carbonyl (C=O) groups is 1. The van der Waals surface area contributed by atoms with E-state index in [9.17, 15) is 4.79 Å². The van der Waals surface area contributed by atoms with Gasteiger partial charge in [-0.25, -0.2) is 15.0 Å². The molecule has 1 aliphatic heterocycles. The number of piperidine rings is 1. The van der Waals surface area contributed by atoms with Crippen molar-refractivity contribution in [1.29, 1.82) is 0 Å². The van der Waals surface area contributed by atoms with Crippen molar-refractivity contribution < 1.29 is 9.21 Å². The van der Waals surface area contributed by atoms with Gasteiger partial charge < -0.3 is 9.32 Å². The fourth-order valence-corrected chi connectivity index (χ4v) is 3.99. The van der Waals surface area contributed by atoms with E-state index in [2.05, 4.69) is 9.97 Å². The normalized spacial score (nSPS) is 23.3. The first-order valence-electron chi connectivity index (χ1n) is 8.11. The average molecular weight is 312 g/mol. The highest BCUT2D eigenvalue weighted by Gasteiger charge is 2.45. The molecule has 2 aliphatic rings. The Balaban J connectivity index is 1.65. The Hall–Kier alpha value is -2.24. The van der Waals surface area contributed by atoms with Crippen LogP contribution < -0.4 is 0 Å². The standard InChI is InChI=1S/C17H20N4O2/c1-11-14(19-10-23-11)16(22)21-7-3-5-17(9-21)6-4-13-8-18-12(2)20-15(13)17/h8,10H,3-7,9H2,1-2H3. The molecule has 120 valence electrons. The summed E-state index contributed by atoms with van der Waals surface area (Å²) < 4.78 is 5.19. The van der Waals surface area contributed by atoms with Crippen LogP contribution in [0.4, 0.5) is 0 Å². The summed E-state index contributed by atoms with van der Waals surface area (Å²) in [5.74, 6) is 1.36. The maximum absolute atomic E-state index is 12.8. The van der Waals surface area contributed by atoms with Crippen LogP contribution in [-0.4, -0.2) is 38.8 Å². The topological polar surface area (TPSA) is 72.1 Å². The number of aromatic nitrogens is 3. The maximum Gasteiger partial charge on any atom is 0.276 e. The summed E-state index contributed by atoms with van der Waals surface area (Å²) in [6.07, 6.45) is 7.41. The van der Waals surface area contributed by atoms with Gasteiger partial charge in [0.15, 0.2) is 12.1 Å². The summed E-state index contributed by atoms with van der Waals surface area (Å²) in [7, 11) is 0. The van der Waals surface area contributed by atoms with E-state index < -0.39 is 0 Å². The fraction of sp³-hybridized carbons (Fsp3) is 0.529. The van der Waals surface area contributed by atoms with E-state index in [1.165, 1.54) is 12.0 Å². The van der Waals surface area contributed by atoms with Gasteiger partial charge in [0.1, 0.15) is 11.6 Å². The molecule has 1 saturated heterocycles. The van der Waals surface area contributed by atoms with E-state index in [-0.39, 0.29) is 11.3 Å². The number of oxazole rings is 1. The van der Waals surface area contributed by atoms with Crippen LogP contribution in [0.15, 0.2) is 17.0 Å². The van der Waals surface area contributed by atoms with Crippen LogP contribution in [0.2, 0.25) is 0 Å². The molecule has 1 fully saturated rings. The molecule has 0 bridgehead atoms. The van der Waals surface area contributed by atoms with E-state index in [0.717, 1.165) is 43.7 Å². The van der Waals surface area contributed by atoms with Gasteiger partial charge in [-0.15, -0.1) is 0 Å². The number of likely N-dealkylation sites (tertiary alicyclic amines) is 1. The van der Waals surface area contributed by atoms with E-state index in [1.807, 2.05) is 18.0 Å². The predicted octanol–water partition coefficient (Wildman–Crippen LogP) is 2.20. The SMILES string of the molecule is Cc1ncc2c(n1)C1(CCCN(C(=O)c3ncoc3C)C1)CC2. The maximum atomic E-state index is 12.8. The van der Waals surface area contributed by atoms with Crippen molar-refractivity contribution in [3.63, 3.8) is 0 Å². The second-order valence-corrected chi connectivity index (χ2v) is 6.66. The molecule has 1 amide bonds. The first-order valence-corrected chi connectivity index (χ1v) is 8.11. The molecule has 1 unspecified atom stereocenters. The third-order valence-corrected chi connectivity index (χ3v) is 5.17. The number of rotatable bonds is 1. The Kier molecular flexibility index (Phi) is 3.21. The first kappa shape index (κ1) is 14.4. The number of hydrogen-bond acceptors (Lipinski definition) is 5. The summed E-state index contributed by atoms with van der Waals surface area (Å²) in [4.78, 5) is 27.8. The summed E-state index contributed by atoms with van der Waals surface area (Å²) in [5, 5.41) is 0. The number of aryl methyl sites for hydroxylation is 3. The lowest BCUT2D eigenvalue weighted by molar-refractivity contribution is 0.0626. The number of amides is 1. The molecule has 6 nitrogen and oxygen atoms in total. The largest absolute Gasteiger partial charge is 0.448 e. The third kappa shape index (κ3) is 2.24. The molecule has 3 heterocycles. The summed E-state index contributed by atoms with van der Waals surface area (Å²) in [6, 6.07) is 0. The van der Waals surface area contributed by atoms with Crippen molar-refractivity contribution in [3.05, 3.63) is 41.1 Å². The number of fused-ring (bicyclic) bond motifs is 2. The van der Waals surface area contributed by atoms with Crippen molar-refractivity contribution >= 4 is 5.91 Å². The van der Waals surface area contributed by atoms with Gasteiger partial charge in [0.25, 0.3) is 5.91 Å². The quantitative estimate of drug-likeness (QED) is 0.807. The lowest BCUT2D eigenvalue weighted by Gasteiger charge is -2.40. The molecule has 0 N–H and O–H groups in total. The second kappa shape index (κ2) is 5.15. The van der Waals surface area contributed by atoms with Crippen LogP contribution in [0.1, 0.15) is 52.6 Å². The van der Waals surface area contributed by atoms with E-state index >= 15 is 0 Å². The smallest absolute Gasteiger partial charge is 0.276 e. The van der Waals surface area contributed by atoms with Crippen molar-refractivity contribution in [2.75, 3.05) is 13.1 Å². The van der Waals surface area contributed by atoms with Crippen LogP contribution in [0, 0.1) is 13.8 Å². The Morgan fingerprint density at radius 3 is 2.96 bits per heavy atom. The molecule has 4 rings (SSSR count). The van der Waals surface area contributed by atoms with Gasteiger partial charge >= 0.3 is 0 Å². The average Bonchev–Trinajstić information content (AvgIpc) is 3.12. The first-order chi connectivity index (χ1) is 11.1. The fourth-order valence-electron chi connectivity index (χ4n) is 3.99. The minimum Gasteiger partial charge on any atom is -0.448 e. The molecule has 0 saturated carbocycles. The molecular weight excluding hydrogens is 292 g/mol. The Morgan fingerprint density at radius 2 is 2.17 bits per heavy atom. The molecular formula is C17H20N4O2. The lowest BCUT2D eigenvalue weighted by atomic mass is 9.77. The minimum absolute atomic E-state index is 0.0193. The van der Waals surface area contributed by atoms with Crippen LogP contribution >= 0.6 is 0 Å². The number of hydrogen-bond donors (Lipinski definition) is 0. The molecule has 0 aromatic carbocycles. The van der Waals surface area contributed by atoms with Crippen LogP contribution in [0.25, 0.3) is 0 Å². The predicted molar refractivity (Wildman–Crippen MR) is 83.1 cm³/mol. The van der Waals surface area contributed by atoms with Crippen molar-refractivity contribution in [2.45, 2.75) is 44.9 Å². The van der Waals surface area contributed by atoms with E-state index in [4.69, 9.17) is 9.40 Å². The third-order valence-electron chi connectivity index (χ3n) is 5.17. The zero-order valence-electron chi connectivity index (χ0n) is 13.5. The van der Waals surface area contributed by atoms with Crippen LogP contribution in [-0.2, 0) is 11.8 Å². The summed E-state index contributed by atoms with van der Waals surface area (Å²) >= 11 is 0. The van der Waals surface area contributed by atoms with Crippen LogP contribution in [0.3, 0.4) is 0 Å². The highest BCUT2D eigenvalue weighted by molar-refractivity contribution is 5.93. The highest BCUT2D eigenvalue weighted by Crippen LogP contribution is 2.44. The molecule has 6 heteroatoms. The Labute approximate surface area is 135 Å². The van der Waals surface area contributed by atoms with Gasteiger partial charge in [-0.2, -0.15) is 0 Å². The van der Waals surface area contributed by atoms with Gasteiger partial charge in [0.05, 0.1) is 5.69 Å². The zero-order valence-corrected chi connectivity index (χ0v) is 13.5. The van der Waals surface area contributed by atoms with E-state index in [0.29, 0.717) is 18.0 Å². The second-order valence-electron chi connectivity index (χ2n) is 6.66.